The van der Waals surface area contributed by atoms with Gasteiger partial charge >= 0.3 is 0 Å². The Kier molecular flexibility index (Phi) is 5.87. The van der Waals surface area contributed by atoms with Crippen LogP contribution in [0.4, 0.5) is 0 Å². The van der Waals surface area contributed by atoms with Crippen LogP contribution in [0.15, 0.2) is 30.9 Å². The van der Waals surface area contributed by atoms with Crippen LogP contribution in [0.3, 0.4) is 0 Å². The van der Waals surface area contributed by atoms with Gasteiger partial charge < -0.3 is 14.0 Å². The molecule has 5 heteroatoms. The summed E-state index contributed by atoms with van der Waals surface area (Å²) in [5.74, 6) is 1.06. The lowest BCUT2D eigenvalue weighted by Gasteiger charge is -2.24. The Labute approximate surface area is 149 Å². The number of Topliss-reactive ketones (excluding diaryl/α,β-unsaturated/α-hetero) is 1. The second-order valence-electron chi connectivity index (χ2n) is 6.59. The van der Waals surface area contributed by atoms with E-state index in [-0.39, 0.29) is 11.9 Å². The van der Waals surface area contributed by atoms with Crippen LogP contribution in [0.25, 0.3) is 0 Å². The molecule has 3 rings (SSSR count). The van der Waals surface area contributed by atoms with E-state index in [1.807, 2.05) is 29.8 Å². The number of hydrogen-bond donors (Lipinski definition) is 0. The quantitative estimate of drug-likeness (QED) is 0.685. The first-order valence-corrected chi connectivity index (χ1v) is 9.07. The molecule has 0 fully saturated rings. The van der Waals surface area contributed by atoms with Crippen molar-refractivity contribution in [1.82, 2.24) is 9.55 Å². The number of ketones is 1. The Morgan fingerprint density at radius 3 is 2.96 bits per heavy atom. The fraction of sp³-hybridized carbons (Fsp3) is 0.500. The zero-order chi connectivity index (χ0) is 17.6. The Bertz CT molecular complexity index is 710. The predicted octanol–water partition coefficient (Wildman–Crippen LogP) is 3.80. The summed E-state index contributed by atoms with van der Waals surface area (Å²) in [6, 6.07) is 3.84. The van der Waals surface area contributed by atoms with Gasteiger partial charge in [0.25, 0.3) is 0 Å². The molecular weight excluding hydrogens is 316 g/mol. The van der Waals surface area contributed by atoms with Crippen molar-refractivity contribution in [3.8, 4) is 5.75 Å². The summed E-state index contributed by atoms with van der Waals surface area (Å²) in [5.41, 5.74) is 2.99. The Hall–Kier alpha value is -2.14. The lowest BCUT2D eigenvalue weighted by atomic mass is 9.87. The van der Waals surface area contributed by atoms with Crippen molar-refractivity contribution in [3.05, 3.63) is 47.5 Å². The van der Waals surface area contributed by atoms with E-state index in [4.69, 9.17) is 9.47 Å². The number of imidazole rings is 1. The molecule has 0 N–H and O–H groups in total. The van der Waals surface area contributed by atoms with E-state index in [1.54, 1.807) is 12.5 Å². The summed E-state index contributed by atoms with van der Waals surface area (Å²) in [5, 5.41) is 0. The van der Waals surface area contributed by atoms with E-state index in [9.17, 15) is 4.79 Å². The monoisotopic (exact) mass is 342 g/mol. The van der Waals surface area contributed by atoms with Gasteiger partial charge in [-0.25, -0.2) is 4.98 Å². The average Bonchev–Trinajstić information content (AvgIpc) is 3.09. The van der Waals surface area contributed by atoms with E-state index < -0.39 is 0 Å². The van der Waals surface area contributed by atoms with Crippen LogP contribution in [0.1, 0.15) is 54.6 Å². The number of benzene rings is 1. The van der Waals surface area contributed by atoms with Crippen LogP contribution in [0.5, 0.6) is 5.75 Å². The Morgan fingerprint density at radius 2 is 2.20 bits per heavy atom. The van der Waals surface area contributed by atoms with Crippen molar-refractivity contribution in [1.29, 1.82) is 0 Å². The van der Waals surface area contributed by atoms with Crippen molar-refractivity contribution in [2.75, 3.05) is 6.61 Å². The number of rotatable bonds is 8. The first-order valence-electron chi connectivity index (χ1n) is 9.07. The molecule has 0 saturated carbocycles. The molecule has 1 heterocycles. The van der Waals surface area contributed by atoms with Crippen LogP contribution in [0, 0.1) is 0 Å². The van der Waals surface area contributed by atoms with E-state index in [0.29, 0.717) is 19.6 Å². The fourth-order valence-corrected chi connectivity index (χ4v) is 3.31. The van der Waals surface area contributed by atoms with Gasteiger partial charge in [0, 0.05) is 36.5 Å². The molecule has 0 aliphatic heterocycles. The van der Waals surface area contributed by atoms with Gasteiger partial charge in [0.05, 0.1) is 19.5 Å². The van der Waals surface area contributed by atoms with E-state index in [2.05, 4.69) is 11.9 Å². The summed E-state index contributed by atoms with van der Waals surface area (Å²) in [4.78, 5) is 16.3. The second kappa shape index (κ2) is 8.30. The van der Waals surface area contributed by atoms with Gasteiger partial charge in [-0.05, 0) is 43.9 Å². The normalized spacial score (nSPS) is 15.0. The first kappa shape index (κ1) is 17.7. The van der Waals surface area contributed by atoms with Crippen LogP contribution < -0.4 is 4.74 Å². The number of aromatic nitrogens is 2. The largest absolute Gasteiger partial charge is 0.488 e. The second-order valence-corrected chi connectivity index (χ2v) is 6.59. The molecule has 0 bridgehead atoms. The smallest absolute Gasteiger partial charge is 0.163 e. The van der Waals surface area contributed by atoms with E-state index in [1.165, 1.54) is 0 Å². The highest BCUT2D eigenvalue weighted by Crippen LogP contribution is 2.32. The minimum Gasteiger partial charge on any atom is -0.488 e. The maximum Gasteiger partial charge on any atom is 0.163 e. The van der Waals surface area contributed by atoms with Crippen molar-refractivity contribution in [3.63, 3.8) is 0 Å². The summed E-state index contributed by atoms with van der Waals surface area (Å²) in [6.07, 6.45) is 8.91. The average molecular weight is 342 g/mol. The molecule has 0 amide bonds. The van der Waals surface area contributed by atoms with Gasteiger partial charge in [-0.1, -0.05) is 6.92 Å². The third-order valence-electron chi connectivity index (χ3n) is 4.47. The lowest BCUT2D eigenvalue weighted by molar-refractivity contribution is 0.0968. The fourth-order valence-electron chi connectivity index (χ4n) is 3.31. The van der Waals surface area contributed by atoms with Crippen LogP contribution in [-0.4, -0.2) is 28.0 Å². The van der Waals surface area contributed by atoms with E-state index >= 15 is 0 Å². The summed E-state index contributed by atoms with van der Waals surface area (Å²) >= 11 is 0. The third kappa shape index (κ3) is 4.28. The standard InChI is InChI=1S/C20H26N2O3/c1-3-11-24-13-18-16-5-4-6-19(23)17(16)7-8-20(18)25-15(2)12-22-10-9-21-14-22/h7-10,14-15H,3-6,11-13H2,1-2H3. The number of fused-ring (bicyclic) bond motifs is 1. The molecule has 0 radical (unpaired) electrons. The van der Waals surface area contributed by atoms with Gasteiger partial charge in [-0.2, -0.15) is 0 Å². The van der Waals surface area contributed by atoms with E-state index in [0.717, 1.165) is 48.2 Å². The zero-order valence-electron chi connectivity index (χ0n) is 15.0. The molecule has 1 aromatic heterocycles. The van der Waals surface area contributed by atoms with Crippen molar-refractivity contribution in [2.24, 2.45) is 0 Å². The first-order chi connectivity index (χ1) is 12.2. The number of carbonyl (C=O) groups is 1. The van der Waals surface area contributed by atoms with Gasteiger partial charge in [-0.3, -0.25) is 4.79 Å². The summed E-state index contributed by atoms with van der Waals surface area (Å²) in [7, 11) is 0. The number of hydrogen-bond acceptors (Lipinski definition) is 4. The maximum atomic E-state index is 12.2. The number of carbonyl (C=O) groups excluding carboxylic acids is 1. The molecule has 134 valence electrons. The highest BCUT2D eigenvalue weighted by atomic mass is 16.5. The molecule has 1 aromatic carbocycles. The highest BCUT2D eigenvalue weighted by Gasteiger charge is 2.23. The third-order valence-corrected chi connectivity index (χ3v) is 4.47. The summed E-state index contributed by atoms with van der Waals surface area (Å²) in [6.45, 7) is 6.07. The minimum absolute atomic E-state index is 0.00327. The van der Waals surface area contributed by atoms with Gasteiger partial charge in [-0.15, -0.1) is 0 Å². The zero-order valence-corrected chi connectivity index (χ0v) is 15.0. The van der Waals surface area contributed by atoms with Crippen molar-refractivity contribution < 1.29 is 14.3 Å². The molecule has 0 spiro atoms. The topological polar surface area (TPSA) is 53.4 Å². The number of ether oxygens (including phenoxy) is 2. The molecule has 1 atom stereocenters. The van der Waals surface area contributed by atoms with Gasteiger partial charge in [0.1, 0.15) is 11.9 Å². The van der Waals surface area contributed by atoms with Crippen molar-refractivity contribution >= 4 is 5.78 Å². The molecule has 2 aromatic rings. The highest BCUT2D eigenvalue weighted by molar-refractivity contribution is 5.99. The minimum atomic E-state index is -0.00327. The molecule has 1 aliphatic carbocycles. The molecular formula is C20H26N2O3. The van der Waals surface area contributed by atoms with Gasteiger partial charge in [0.15, 0.2) is 5.78 Å². The molecule has 1 aliphatic rings. The Morgan fingerprint density at radius 1 is 1.32 bits per heavy atom. The lowest BCUT2D eigenvalue weighted by Crippen LogP contribution is -2.21. The van der Waals surface area contributed by atoms with Crippen molar-refractivity contribution in [2.45, 2.75) is 58.8 Å². The number of nitrogens with zero attached hydrogens (tertiary/aromatic N) is 2. The van der Waals surface area contributed by atoms with Gasteiger partial charge in [0.2, 0.25) is 0 Å². The predicted molar refractivity (Wildman–Crippen MR) is 96.0 cm³/mol. The van der Waals surface area contributed by atoms with Crippen LogP contribution in [0.2, 0.25) is 0 Å². The van der Waals surface area contributed by atoms with Crippen LogP contribution >= 0.6 is 0 Å². The SMILES string of the molecule is CCCOCc1c(OC(C)Cn2ccnc2)ccc2c1CCCC2=O. The molecule has 5 nitrogen and oxygen atoms in total. The summed E-state index contributed by atoms with van der Waals surface area (Å²) < 4.78 is 14.0. The Balaban J connectivity index is 1.82. The molecule has 0 saturated heterocycles. The maximum absolute atomic E-state index is 12.2. The molecule has 1 unspecified atom stereocenters. The van der Waals surface area contributed by atoms with Crippen LogP contribution in [-0.2, 0) is 24.3 Å². The molecule has 25 heavy (non-hydrogen) atoms.